The Bertz CT molecular complexity index is 636. The maximum absolute atomic E-state index is 13.5. The predicted molar refractivity (Wildman–Crippen MR) is 67.6 cm³/mol. The van der Waals surface area contributed by atoms with E-state index in [1.165, 1.54) is 0 Å². The summed E-state index contributed by atoms with van der Waals surface area (Å²) >= 11 is 0. The molecule has 0 saturated heterocycles. The van der Waals surface area contributed by atoms with Crippen LogP contribution in [0.3, 0.4) is 0 Å². The van der Waals surface area contributed by atoms with Gasteiger partial charge in [0.1, 0.15) is 0 Å². The maximum atomic E-state index is 13.5. The average Bonchev–Trinajstić information content (AvgIpc) is 2.40. The maximum Gasteiger partial charge on any atom is 0.573 e. The van der Waals surface area contributed by atoms with Gasteiger partial charge in [0.15, 0.2) is 17.3 Å². The number of Topliss-reactive ketones (excluding diaryl/α,β-unsaturated/α-hetero) is 1. The highest BCUT2D eigenvalue weighted by atomic mass is 19.4. The number of alkyl halides is 3. The molecule has 110 valence electrons. The lowest BCUT2D eigenvalue weighted by molar-refractivity contribution is -0.275. The summed E-state index contributed by atoms with van der Waals surface area (Å²) in [6.07, 6.45) is -4.93. The van der Waals surface area contributed by atoms with Gasteiger partial charge in [-0.15, -0.1) is 13.2 Å². The van der Waals surface area contributed by atoms with Crippen molar-refractivity contribution in [2.45, 2.75) is 12.8 Å². The van der Waals surface area contributed by atoms with Gasteiger partial charge in [0.2, 0.25) is 0 Å². The lowest BCUT2D eigenvalue weighted by atomic mass is 10.0. The van der Waals surface area contributed by atoms with E-state index in [1.54, 1.807) is 30.3 Å². The van der Waals surface area contributed by atoms with Crippen molar-refractivity contribution >= 4 is 5.78 Å². The minimum absolute atomic E-state index is 0.00845. The number of ether oxygens (including phenoxy) is 1. The second kappa shape index (κ2) is 5.95. The van der Waals surface area contributed by atoms with Crippen LogP contribution in [-0.2, 0) is 6.42 Å². The third kappa shape index (κ3) is 4.30. The summed E-state index contributed by atoms with van der Waals surface area (Å²) < 4.78 is 53.0. The molecule has 2 nitrogen and oxygen atoms in total. The van der Waals surface area contributed by atoms with Crippen LogP contribution in [0.4, 0.5) is 17.6 Å². The zero-order chi connectivity index (χ0) is 15.5. The number of carbonyl (C=O) groups is 1. The van der Waals surface area contributed by atoms with E-state index in [4.69, 9.17) is 0 Å². The molecule has 0 aliphatic rings. The third-order valence-electron chi connectivity index (χ3n) is 2.69. The van der Waals surface area contributed by atoms with Gasteiger partial charge in [-0.05, 0) is 23.8 Å². The minimum atomic E-state index is -4.98. The van der Waals surface area contributed by atoms with Crippen LogP contribution in [0.1, 0.15) is 15.9 Å². The number of ketones is 1. The zero-order valence-electron chi connectivity index (χ0n) is 10.7. The third-order valence-corrected chi connectivity index (χ3v) is 2.69. The van der Waals surface area contributed by atoms with E-state index >= 15 is 0 Å². The smallest absolute Gasteiger partial charge is 0.403 e. The number of hydrogen-bond donors (Lipinski definition) is 0. The van der Waals surface area contributed by atoms with Crippen LogP contribution in [0.25, 0.3) is 0 Å². The quantitative estimate of drug-likeness (QED) is 0.626. The van der Waals surface area contributed by atoms with E-state index in [-0.39, 0.29) is 12.0 Å². The molecule has 0 amide bonds. The Labute approximate surface area is 118 Å². The Morgan fingerprint density at radius 3 is 2.29 bits per heavy atom. The predicted octanol–water partition coefficient (Wildman–Crippen LogP) is 4.15. The first-order valence-electron chi connectivity index (χ1n) is 5.97. The second-order valence-electron chi connectivity index (χ2n) is 4.28. The van der Waals surface area contributed by atoms with E-state index in [0.717, 1.165) is 23.8 Å². The molecule has 0 unspecified atom stereocenters. The van der Waals surface area contributed by atoms with Gasteiger partial charge in [-0.25, -0.2) is 4.39 Å². The van der Waals surface area contributed by atoms with Crippen LogP contribution in [0.2, 0.25) is 0 Å². The molecule has 0 radical (unpaired) electrons. The first-order chi connectivity index (χ1) is 9.85. The minimum Gasteiger partial charge on any atom is -0.403 e. The molecule has 0 bridgehead atoms. The van der Waals surface area contributed by atoms with Crippen molar-refractivity contribution in [1.82, 2.24) is 0 Å². The van der Waals surface area contributed by atoms with Gasteiger partial charge in [0.05, 0.1) is 0 Å². The molecule has 0 N–H and O–H groups in total. The molecule has 0 aromatic heterocycles. The average molecular weight is 298 g/mol. The molecule has 0 saturated carbocycles. The normalized spacial score (nSPS) is 11.2. The Hall–Kier alpha value is -2.37. The number of benzene rings is 2. The van der Waals surface area contributed by atoms with Crippen LogP contribution in [-0.4, -0.2) is 12.1 Å². The second-order valence-corrected chi connectivity index (χ2v) is 4.28. The molecular weight excluding hydrogens is 288 g/mol. The van der Waals surface area contributed by atoms with Gasteiger partial charge in [-0.3, -0.25) is 4.79 Å². The van der Waals surface area contributed by atoms with E-state index in [1.807, 2.05) is 0 Å². The number of hydrogen-bond acceptors (Lipinski definition) is 2. The van der Waals surface area contributed by atoms with Gasteiger partial charge in [0, 0.05) is 12.0 Å². The Balaban J connectivity index is 2.14. The molecule has 0 aliphatic carbocycles. The molecule has 0 spiro atoms. The molecule has 2 aromatic rings. The van der Waals surface area contributed by atoms with Crippen LogP contribution in [0.15, 0.2) is 48.5 Å². The Morgan fingerprint density at radius 2 is 1.71 bits per heavy atom. The summed E-state index contributed by atoms with van der Waals surface area (Å²) in [6, 6.07) is 11.4. The Kier molecular flexibility index (Phi) is 4.26. The number of rotatable bonds is 4. The molecule has 0 atom stereocenters. The summed E-state index contributed by atoms with van der Waals surface area (Å²) in [5.41, 5.74) is 0.726. The number of halogens is 4. The topological polar surface area (TPSA) is 26.3 Å². The molecular formula is C15H10F4O2. The highest BCUT2D eigenvalue weighted by Gasteiger charge is 2.32. The fraction of sp³-hybridized carbons (Fsp3) is 0.133. The standard InChI is InChI=1S/C15H10F4O2/c16-12-9-11(6-7-14(12)21-15(17,18)19)13(20)8-10-4-2-1-3-5-10/h1-7,9H,8H2. The fourth-order valence-corrected chi connectivity index (χ4v) is 1.77. The molecule has 0 heterocycles. The largest absolute Gasteiger partial charge is 0.573 e. The van der Waals surface area contributed by atoms with E-state index < -0.39 is 23.7 Å². The van der Waals surface area contributed by atoms with Crippen LogP contribution < -0.4 is 4.74 Å². The van der Waals surface area contributed by atoms with Gasteiger partial charge < -0.3 is 4.74 Å². The van der Waals surface area contributed by atoms with Gasteiger partial charge in [0.25, 0.3) is 0 Å². The lowest BCUT2D eigenvalue weighted by Gasteiger charge is -2.10. The zero-order valence-corrected chi connectivity index (χ0v) is 10.7. The first-order valence-corrected chi connectivity index (χ1v) is 5.97. The SMILES string of the molecule is O=C(Cc1ccccc1)c1ccc(OC(F)(F)F)c(F)c1. The molecule has 6 heteroatoms. The first kappa shape index (κ1) is 15.0. The monoisotopic (exact) mass is 298 g/mol. The van der Waals surface area contributed by atoms with Gasteiger partial charge in [-0.2, -0.15) is 0 Å². The summed E-state index contributed by atoms with van der Waals surface area (Å²) in [4.78, 5) is 11.9. The van der Waals surface area contributed by atoms with Crippen LogP contribution in [0.5, 0.6) is 5.75 Å². The highest BCUT2D eigenvalue weighted by molar-refractivity contribution is 5.97. The molecule has 0 fully saturated rings. The van der Waals surface area contributed by atoms with Crippen LogP contribution >= 0.6 is 0 Å². The number of carbonyl (C=O) groups excluding carboxylic acids is 1. The van der Waals surface area contributed by atoms with Crippen molar-refractivity contribution in [3.63, 3.8) is 0 Å². The molecule has 0 aliphatic heterocycles. The fourth-order valence-electron chi connectivity index (χ4n) is 1.77. The van der Waals surface area contributed by atoms with E-state index in [9.17, 15) is 22.4 Å². The van der Waals surface area contributed by atoms with Gasteiger partial charge in [-0.1, -0.05) is 30.3 Å². The molecule has 2 aromatic carbocycles. The van der Waals surface area contributed by atoms with Crippen LogP contribution in [0, 0.1) is 5.82 Å². The lowest BCUT2D eigenvalue weighted by Crippen LogP contribution is -2.18. The van der Waals surface area contributed by atoms with Crippen molar-refractivity contribution in [1.29, 1.82) is 0 Å². The van der Waals surface area contributed by atoms with Crippen molar-refractivity contribution in [2.75, 3.05) is 0 Å². The van der Waals surface area contributed by atoms with Crippen molar-refractivity contribution < 1.29 is 27.1 Å². The van der Waals surface area contributed by atoms with Crippen molar-refractivity contribution in [2.24, 2.45) is 0 Å². The summed E-state index contributed by atoms with van der Waals surface area (Å²) in [7, 11) is 0. The van der Waals surface area contributed by atoms with Gasteiger partial charge >= 0.3 is 6.36 Å². The summed E-state index contributed by atoms with van der Waals surface area (Å²) in [5.74, 6) is -2.58. The highest BCUT2D eigenvalue weighted by Crippen LogP contribution is 2.26. The van der Waals surface area contributed by atoms with E-state index in [2.05, 4.69) is 4.74 Å². The van der Waals surface area contributed by atoms with E-state index in [0.29, 0.717) is 0 Å². The molecule has 2 rings (SSSR count). The van der Waals surface area contributed by atoms with Crippen molar-refractivity contribution in [3.8, 4) is 5.75 Å². The summed E-state index contributed by atoms with van der Waals surface area (Å²) in [6.45, 7) is 0. The van der Waals surface area contributed by atoms with Crippen molar-refractivity contribution in [3.05, 3.63) is 65.5 Å². The molecule has 21 heavy (non-hydrogen) atoms. The Morgan fingerprint density at radius 1 is 1.05 bits per heavy atom. The summed E-state index contributed by atoms with van der Waals surface area (Å²) in [5, 5.41) is 0.